The topological polar surface area (TPSA) is 56.4 Å². The Labute approximate surface area is 122 Å². The fraction of sp³-hybridized carbons (Fsp3) is 0.250. The molecule has 3 rings (SSSR count). The van der Waals surface area contributed by atoms with Crippen molar-refractivity contribution in [1.29, 1.82) is 0 Å². The number of pyridine rings is 1. The summed E-state index contributed by atoms with van der Waals surface area (Å²) in [6.45, 7) is 1.79. The summed E-state index contributed by atoms with van der Waals surface area (Å²) in [5.41, 5.74) is 4.40. The van der Waals surface area contributed by atoms with Crippen molar-refractivity contribution in [3.63, 3.8) is 0 Å². The van der Waals surface area contributed by atoms with Crippen LogP contribution in [0.2, 0.25) is 0 Å². The molecule has 5 heteroatoms. The number of hydrogen-bond acceptors (Lipinski definition) is 2. The third-order valence-electron chi connectivity index (χ3n) is 3.82. The van der Waals surface area contributed by atoms with Crippen molar-refractivity contribution in [2.45, 2.75) is 13.1 Å². The maximum absolute atomic E-state index is 11.9. The third kappa shape index (κ3) is 2.60. The van der Waals surface area contributed by atoms with E-state index in [1.54, 1.807) is 22.4 Å². The maximum Gasteiger partial charge on any atom is 0.328 e. The van der Waals surface area contributed by atoms with Gasteiger partial charge in [0.1, 0.15) is 13.1 Å². The maximum atomic E-state index is 11.9. The number of hydrogen-bond donors (Lipinski definition) is 1. The minimum Gasteiger partial charge on any atom is -0.339 e. The highest BCUT2D eigenvalue weighted by Crippen LogP contribution is 2.13. The lowest BCUT2D eigenvalue weighted by molar-refractivity contribution is -0.686. The van der Waals surface area contributed by atoms with Gasteiger partial charge in [0.05, 0.1) is 11.0 Å². The summed E-state index contributed by atoms with van der Waals surface area (Å²) in [6, 6.07) is 10.2. The summed E-state index contributed by atoms with van der Waals surface area (Å²) in [5.74, 6) is 0. The zero-order valence-electron chi connectivity index (χ0n) is 12.3. The Morgan fingerprint density at radius 3 is 2.57 bits per heavy atom. The van der Waals surface area contributed by atoms with Gasteiger partial charge in [-0.2, -0.15) is 0 Å². The largest absolute Gasteiger partial charge is 0.339 e. The predicted molar refractivity (Wildman–Crippen MR) is 81.7 cm³/mol. The Bertz CT molecular complexity index is 817. The lowest BCUT2D eigenvalue weighted by atomic mass is 10.2. The number of rotatable bonds is 4. The van der Waals surface area contributed by atoms with Gasteiger partial charge in [0.15, 0.2) is 0 Å². The third-order valence-corrected chi connectivity index (χ3v) is 3.82. The number of nitrogens with two attached hydrogens (primary N) is 1. The second-order valence-corrected chi connectivity index (χ2v) is 5.28. The van der Waals surface area contributed by atoms with E-state index >= 15 is 0 Å². The second kappa shape index (κ2) is 5.54. The monoisotopic (exact) mass is 283 g/mol. The van der Waals surface area contributed by atoms with Crippen molar-refractivity contribution in [3.05, 3.63) is 64.3 Å². The van der Waals surface area contributed by atoms with Crippen LogP contribution in [0.5, 0.6) is 0 Å². The van der Waals surface area contributed by atoms with Crippen molar-refractivity contribution in [3.8, 4) is 0 Å². The summed E-state index contributed by atoms with van der Waals surface area (Å²) in [7, 11) is 3.62. The van der Waals surface area contributed by atoms with Crippen LogP contribution in [0.1, 0.15) is 11.1 Å². The van der Waals surface area contributed by atoms with Gasteiger partial charge in [-0.25, -0.2) is 4.79 Å². The molecule has 0 saturated heterocycles. The van der Waals surface area contributed by atoms with Gasteiger partial charge < -0.3 is 5.32 Å². The van der Waals surface area contributed by atoms with E-state index in [0.29, 0.717) is 0 Å². The first-order valence-corrected chi connectivity index (χ1v) is 7.02. The molecule has 0 radical (unpaired) electrons. The van der Waals surface area contributed by atoms with Crippen LogP contribution >= 0.6 is 0 Å². The number of benzene rings is 1. The fourth-order valence-corrected chi connectivity index (χ4v) is 2.60. The molecule has 1 aromatic carbocycles. The summed E-state index contributed by atoms with van der Waals surface area (Å²) in [6.07, 6.45) is 3.67. The minimum absolute atomic E-state index is 0.0153. The van der Waals surface area contributed by atoms with E-state index in [0.717, 1.165) is 24.1 Å². The van der Waals surface area contributed by atoms with E-state index in [-0.39, 0.29) is 5.69 Å². The summed E-state index contributed by atoms with van der Waals surface area (Å²) in [4.78, 5) is 16.0. The smallest absolute Gasteiger partial charge is 0.328 e. The summed E-state index contributed by atoms with van der Waals surface area (Å²) >= 11 is 0. The quantitative estimate of drug-likeness (QED) is 0.759. The van der Waals surface area contributed by atoms with E-state index in [9.17, 15) is 4.79 Å². The number of aryl methyl sites for hydroxylation is 2. The summed E-state index contributed by atoms with van der Waals surface area (Å²) < 4.78 is 3.37. The SMILES string of the molecule is Cn1c(=O)n(C)c2cc(C[NH2+]Cc3cccnc3)ccc21. The van der Waals surface area contributed by atoms with E-state index in [4.69, 9.17) is 0 Å². The van der Waals surface area contributed by atoms with E-state index < -0.39 is 0 Å². The molecule has 5 nitrogen and oxygen atoms in total. The average molecular weight is 283 g/mol. The minimum atomic E-state index is 0.0153. The molecule has 0 saturated carbocycles. The van der Waals surface area contributed by atoms with Crippen molar-refractivity contribution >= 4 is 11.0 Å². The normalized spacial score (nSPS) is 11.1. The van der Waals surface area contributed by atoms with Gasteiger partial charge in [0, 0.05) is 37.6 Å². The molecule has 0 amide bonds. The Morgan fingerprint density at radius 2 is 1.81 bits per heavy atom. The van der Waals surface area contributed by atoms with Crippen molar-refractivity contribution in [2.24, 2.45) is 14.1 Å². The number of fused-ring (bicyclic) bond motifs is 1. The van der Waals surface area contributed by atoms with Gasteiger partial charge in [-0.15, -0.1) is 0 Å². The van der Waals surface area contributed by atoms with Crippen LogP contribution in [0.4, 0.5) is 0 Å². The van der Waals surface area contributed by atoms with Gasteiger partial charge >= 0.3 is 5.69 Å². The molecule has 108 valence electrons. The van der Waals surface area contributed by atoms with Gasteiger partial charge in [-0.1, -0.05) is 12.1 Å². The highest BCUT2D eigenvalue weighted by atomic mass is 16.1. The van der Waals surface area contributed by atoms with Crippen LogP contribution in [-0.4, -0.2) is 14.1 Å². The van der Waals surface area contributed by atoms with Crippen molar-refractivity contribution in [1.82, 2.24) is 14.1 Å². The Hall–Kier alpha value is -2.40. The molecule has 0 aliphatic rings. The van der Waals surface area contributed by atoms with Gasteiger partial charge in [-0.05, 0) is 18.2 Å². The van der Waals surface area contributed by atoms with E-state index in [1.807, 2.05) is 25.4 Å². The van der Waals surface area contributed by atoms with E-state index in [2.05, 4.69) is 28.5 Å². The van der Waals surface area contributed by atoms with Crippen LogP contribution in [0, 0.1) is 0 Å². The van der Waals surface area contributed by atoms with Crippen LogP contribution < -0.4 is 11.0 Å². The number of aromatic nitrogens is 3. The molecule has 0 bridgehead atoms. The first-order chi connectivity index (χ1) is 10.2. The zero-order valence-corrected chi connectivity index (χ0v) is 12.3. The van der Waals surface area contributed by atoms with Gasteiger partial charge in [0.25, 0.3) is 0 Å². The van der Waals surface area contributed by atoms with Crippen LogP contribution in [-0.2, 0) is 27.2 Å². The highest BCUT2D eigenvalue weighted by molar-refractivity contribution is 5.76. The Balaban J connectivity index is 1.76. The number of quaternary nitrogens is 1. The Kier molecular flexibility index (Phi) is 3.58. The second-order valence-electron chi connectivity index (χ2n) is 5.28. The Morgan fingerprint density at radius 1 is 1.05 bits per heavy atom. The molecule has 2 heterocycles. The molecule has 3 aromatic rings. The molecule has 2 aromatic heterocycles. The summed E-state index contributed by atoms with van der Waals surface area (Å²) in [5, 5.41) is 2.24. The molecular formula is C16H19N4O+. The van der Waals surface area contributed by atoms with Crippen molar-refractivity contribution in [2.75, 3.05) is 0 Å². The molecule has 2 N–H and O–H groups in total. The van der Waals surface area contributed by atoms with Crippen LogP contribution in [0.25, 0.3) is 11.0 Å². The molecule has 0 spiro atoms. The molecule has 0 fully saturated rings. The van der Waals surface area contributed by atoms with Crippen LogP contribution in [0.15, 0.2) is 47.5 Å². The van der Waals surface area contributed by atoms with Crippen molar-refractivity contribution < 1.29 is 5.32 Å². The highest BCUT2D eigenvalue weighted by Gasteiger charge is 2.08. The van der Waals surface area contributed by atoms with Crippen LogP contribution in [0.3, 0.4) is 0 Å². The van der Waals surface area contributed by atoms with Gasteiger partial charge in [0.2, 0.25) is 0 Å². The molecule has 0 aliphatic heterocycles. The lowest BCUT2D eigenvalue weighted by Crippen LogP contribution is -2.80. The first-order valence-electron chi connectivity index (χ1n) is 7.02. The lowest BCUT2D eigenvalue weighted by Gasteiger charge is -2.03. The average Bonchev–Trinajstić information content (AvgIpc) is 2.73. The molecule has 0 unspecified atom stereocenters. The molecule has 0 aliphatic carbocycles. The zero-order chi connectivity index (χ0) is 14.8. The predicted octanol–water partition coefficient (Wildman–Crippen LogP) is 0.536. The molecular weight excluding hydrogens is 264 g/mol. The fourth-order valence-electron chi connectivity index (χ4n) is 2.60. The van der Waals surface area contributed by atoms with E-state index in [1.165, 1.54) is 11.1 Å². The number of imidazole rings is 1. The number of nitrogens with zero attached hydrogens (tertiary/aromatic N) is 3. The van der Waals surface area contributed by atoms with Gasteiger partial charge in [-0.3, -0.25) is 14.1 Å². The molecule has 0 atom stereocenters. The molecule has 21 heavy (non-hydrogen) atoms. The first kappa shape index (κ1) is 13.6. The standard InChI is InChI=1S/C16H18N4O/c1-19-14-6-5-12(8-15(14)20(2)16(19)21)9-18-11-13-4-3-7-17-10-13/h3-8,10,18H,9,11H2,1-2H3/p+1.